The van der Waals surface area contributed by atoms with E-state index in [2.05, 4.69) is 25.6 Å². The molecule has 2 N–H and O–H groups in total. The topological polar surface area (TPSA) is 85.1 Å². The van der Waals surface area contributed by atoms with Gasteiger partial charge in [-0.15, -0.1) is 0 Å². The number of aromatic nitrogens is 3. The highest BCUT2D eigenvalue weighted by Crippen LogP contribution is 2.13. The van der Waals surface area contributed by atoms with Crippen LogP contribution in [0, 0.1) is 6.92 Å². The Morgan fingerprint density at radius 2 is 2.00 bits per heavy atom. The Morgan fingerprint density at radius 3 is 2.60 bits per heavy atom. The number of hydrogen-bond acceptors (Lipinski definition) is 7. The monoisotopic (exact) mass is 277 g/mol. The zero-order valence-corrected chi connectivity index (χ0v) is 11.9. The number of hydrogen-bond donors (Lipinski definition) is 2. The molecule has 0 spiro atoms. The van der Waals surface area contributed by atoms with E-state index in [9.17, 15) is 0 Å². The molecule has 108 valence electrons. The van der Waals surface area contributed by atoms with Crippen LogP contribution in [-0.2, 0) is 17.9 Å². The first-order valence-electron chi connectivity index (χ1n) is 6.47. The van der Waals surface area contributed by atoms with Crippen LogP contribution in [-0.4, -0.2) is 28.6 Å². The Balaban J connectivity index is 2.08. The molecule has 0 fully saturated rings. The van der Waals surface area contributed by atoms with Crippen LogP contribution in [0.4, 0.5) is 11.6 Å². The molecule has 0 aliphatic carbocycles. The fourth-order valence-corrected chi connectivity index (χ4v) is 1.70. The van der Waals surface area contributed by atoms with E-state index in [1.54, 1.807) is 13.3 Å². The van der Waals surface area contributed by atoms with Crippen molar-refractivity contribution < 1.29 is 9.15 Å². The van der Waals surface area contributed by atoms with Crippen molar-refractivity contribution in [2.24, 2.45) is 0 Å². The second-order valence-corrected chi connectivity index (χ2v) is 4.24. The molecule has 20 heavy (non-hydrogen) atoms. The minimum absolute atomic E-state index is 0.367. The van der Waals surface area contributed by atoms with Gasteiger partial charge in [0.2, 0.25) is 5.89 Å². The molecule has 0 unspecified atom stereocenters. The number of ether oxygens (including phenoxy) is 1. The Bertz CT molecular complexity index is 531. The summed E-state index contributed by atoms with van der Waals surface area (Å²) >= 11 is 0. The number of methoxy groups -OCH3 is 1. The molecule has 2 aromatic heterocycles. The fourth-order valence-electron chi connectivity index (χ4n) is 1.70. The number of aryl methyl sites for hydroxylation is 1. The fraction of sp³-hybridized carbons (Fsp3) is 0.462. The van der Waals surface area contributed by atoms with Gasteiger partial charge in [-0.05, 0) is 13.8 Å². The Morgan fingerprint density at radius 1 is 1.25 bits per heavy atom. The molecule has 0 amide bonds. The van der Waals surface area contributed by atoms with Gasteiger partial charge in [-0.25, -0.2) is 15.0 Å². The highest BCUT2D eigenvalue weighted by atomic mass is 16.5. The maximum Gasteiger partial charge on any atom is 0.213 e. The Labute approximate surface area is 117 Å². The minimum atomic E-state index is 0.367. The molecule has 0 aliphatic rings. The summed E-state index contributed by atoms with van der Waals surface area (Å²) in [6.07, 6.45) is 1.69. The maximum absolute atomic E-state index is 5.40. The van der Waals surface area contributed by atoms with Gasteiger partial charge in [0.25, 0.3) is 0 Å². The lowest BCUT2D eigenvalue weighted by Crippen LogP contribution is -2.08. The van der Waals surface area contributed by atoms with Gasteiger partial charge < -0.3 is 19.8 Å². The van der Waals surface area contributed by atoms with Crippen LogP contribution in [0.2, 0.25) is 0 Å². The minimum Gasteiger partial charge on any atom is -0.444 e. The van der Waals surface area contributed by atoms with Gasteiger partial charge >= 0.3 is 0 Å². The summed E-state index contributed by atoms with van der Waals surface area (Å²) in [6.45, 7) is 5.51. The van der Waals surface area contributed by atoms with E-state index in [1.807, 2.05) is 19.9 Å². The summed E-state index contributed by atoms with van der Waals surface area (Å²) in [7, 11) is 1.62. The van der Waals surface area contributed by atoms with Crippen LogP contribution >= 0.6 is 0 Å². The largest absolute Gasteiger partial charge is 0.444 e. The molecular formula is C13H19N5O2. The molecule has 0 radical (unpaired) electrons. The Hall–Kier alpha value is -2.15. The van der Waals surface area contributed by atoms with E-state index in [-0.39, 0.29) is 0 Å². The van der Waals surface area contributed by atoms with Gasteiger partial charge in [-0.1, -0.05) is 0 Å². The molecule has 0 aromatic carbocycles. The van der Waals surface area contributed by atoms with Crippen molar-refractivity contribution in [3.63, 3.8) is 0 Å². The van der Waals surface area contributed by atoms with E-state index < -0.39 is 0 Å². The molecule has 2 rings (SSSR count). The standard InChI is InChI=1S/C13H19N5O2/c1-4-14-10-5-11(18-12(17-10)8-19-3)15-7-13-16-6-9(2)20-13/h5-6H,4,7-8H2,1-3H3,(H2,14,15,17,18). The van der Waals surface area contributed by atoms with Crippen molar-refractivity contribution in [3.8, 4) is 0 Å². The Kier molecular flexibility index (Phi) is 4.89. The molecular weight excluding hydrogens is 258 g/mol. The third-order valence-corrected chi connectivity index (χ3v) is 2.49. The van der Waals surface area contributed by atoms with E-state index in [0.717, 1.165) is 18.1 Å². The van der Waals surface area contributed by atoms with Crippen LogP contribution in [0.3, 0.4) is 0 Å². The second kappa shape index (κ2) is 6.85. The highest BCUT2D eigenvalue weighted by Gasteiger charge is 2.06. The van der Waals surface area contributed by atoms with Crippen LogP contribution in [0.25, 0.3) is 0 Å². The second-order valence-electron chi connectivity index (χ2n) is 4.24. The lowest BCUT2D eigenvalue weighted by molar-refractivity contribution is 0.178. The summed E-state index contributed by atoms with van der Waals surface area (Å²) in [5, 5.41) is 6.33. The normalized spacial score (nSPS) is 10.6. The average Bonchev–Trinajstić information content (AvgIpc) is 2.83. The van der Waals surface area contributed by atoms with Crippen molar-refractivity contribution >= 4 is 11.6 Å². The summed E-state index contributed by atoms with van der Waals surface area (Å²) in [4.78, 5) is 12.9. The number of nitrogens with zero attached hydrogens (tertiary/aromatic N) is 3. The zero-order valence-electron chi connectivity index (χ0n) is 11.9. The van der Waals surface area contributed by atoms with Crippen molar-refractivity contribution in [2.75, 3.05) is 24.3 Å². The van der Waals surface area contributed by atoms with Crippen molar-refractivity contribution in [1.82, 2.24) is 15.0 Å². The molecule has 0 saturated heterocycles. The lowest BCUT2D eigenvalue weighted by atomic mass is 10.4. The van der Waals surface area contributed by atoms with Gasteiger partial charge in [0.15, 0.2) is 5.82 Å². The highest BCUT2D eigenvalue weighted by molar-refractivity contribution is 5.47. The third kappa shape index (κ3) is 3.92. The molecule has 2 aromatic rings. The van der Waals surface area contributed by atoms with Crippen LogP contribution < -0.4 is 10.6 Å². The van der Waals surface area contributed by atoms with E-state index in [1.165, 1.54) is 0 Å². The molecule has 0 aliphatic heterocycles. The summed E-state index contributed by atoms with van der Waals surface area (Å²) in [5.41, 5.74) is 0. The lowest BCUT2D eigenvalue weighted by Gasteiger charge is -2.09. The molecule has 0 saturated carbocycles. The smallest absolute Gasteiger partial charge is 0.213 e. The zero-order chi connectivity index (χ0) is 14.4. The average molecular weight is 277 g/mol. The maximum atomic E-state index is 5.40. The number of anilines is 2. The van der Waals surface area contributed by atoms with Crippen LogP contribution in [0.15, 0.2) is 16.7 Å². The summed E-state index contributed by atoms with van der Waals surface area (Å²) < 4.78 is 10.5. The van der Waals surface area contributed by atoms with E-state index in [4.69, 9.17) is 9.15 Å². The summed E-state index contributed by atoms with van der Waals surface area (Å²) in [6, 6.07) is 1.85. The van der Waals surface area contributed by atoms with E-state index in [0.29, 0.717) is 30.7 Å². The van der Waals surface area contributed by atoms with Crippen LogP contribution in [0.1, 0.15) is 24.4 Å². The number of rotatable bonds is 7. The van der Waals surface area contributed by atoms with Crippen LogP contribution in [0.5, 0.6) is 0 Å². The first-order chi connectivity index (χ1) is 9.71. The first kappa shape index (κ1) is 14.3. The first-order valence-corrected chi connectivity index (χ1v) is 6.47. The molecule has 0 bridgehead atoms. The van der Waals surface area contributed by atoms with Gasteiger partial charge in [-0.2, -0.15) is 0 Å². The van der Waals surface area contributed by atoms with Gasteiger partial charge in [0.1, 0.15) is 24.0 Å². The molecule has 2 heterocycles. The molecule has 7 heteroatoms. The molecule has 0 atom stereocenters. The summed E-state index contributed by atoms with van der Waals surface area (Å²) in [5.74, 6) is 3.51. The number of oxazole rings is 1. The molecule has 7 nitrogen and oxygen atoms in total. The predicted molar refractivity (Wildman–Crippen MR) is 75.5 cm³/mol. The van der Waals surface area contributed by atoms with Crippen molar-refractivity contribution in [1.29, 1.82) is 0 Å². The van der Waals surface area contributed by atoms with Gasteiger partial charge in [-0.3, -0.25) is 0 Å². The third-order valence-electron chi connectivity index (χ3n) is 2.49. The van der Waals surface area contributed by atoms with Gasteiger partial charge in [0, 0.05) is 19.7 Å². The predicted octanol–water partition coefficient (Wildman–Crippen LogP) is 1.96. The SMILES string of the molecule is CCNc1cc(NCc2ncc(C)o2)nc(COC)n1. The number of nitrogens with one attached hydrogen (secondary N) is 2. The van der Waals surface area contributed by atoms with Gasteiger partial charge in [0.05, 0.1) is 12.7 Å². The van der Waals surface area contributed by atoms with E-state index >= 15 is 0 Å². The van der Waals surface area contributed by atoms with Crippen molar-refractivity contribution in [2.45, 2.75) is 27.0 Å². The van der Waals surface area contributed by atoms with Crippen molar-refractivity contribution in [3.05, 3.63) is 29.7 Å². The quantitative estimate of drug-likeness (QED) is 0.800.